The number of hydrogen-bond acceptors (Lipinski definition) is 6. The molecule has 35 heavy (non-hydrogen) atoms. The molecule has 0 unspecified atom stereocenters. The minimum atomic E-state index is -0.566. The molecular weight excluding hydrogens is 453 g/mol. The number of carbonyl (C=O) groups is 1. The maximum Gasteiger partial charge on any atom is 0.269 e. The number of halogens is 1. The van der Waals surface area contributed by atoms with Gasteiger partial charge in [0, 0.05) is 55.9 Å². The molecule has 1 aromatic heterocycles. The quantitative estimate of drug-likeness (QED) is 0.415. The summed E-state index contributed by atoms with van der Waals surface area (Å²) >= 11 is 0. The number of nitro groups is 1. The molecule has 1 aliphatic heterocycles. The highest BCUT2D eigenvalue weighted by Gasteiger charge is 2.28. The average molecular weight is 480 g/mol. The number of nitrogens with zero attached hydrogens (tertiary/aromatic N) is 3. The Balaban J connectivity index is 1.49. The summed E-state index contributed by atoms with van der Waals surface area (Å²) in [6.07, 6.45) is 3.44. The van der Waals surface area contributed by atoms with Gasteiger partial charge in [-0.2, -0.15) is 0 Å². The van der Waals surface area contributed by atoms with E-state index < -0.39 is 28.1 Å². The predicted octanol–water partition coefficient (Wildman–Crippen LogP) is 3.28. The van der Waals surface area contributed by atoms with Crippen molar-refractivity contribution in [2.75, 3.05) is 31.1 Å². The highest BCUT2D eigenvalue weighted by atomic mass is 19.1. The van der Waals surface area contributed by atoms with Crippen LogP contribution in [0.1, 0.15) is 47.8 Å². The van der Waals surface area contributed by atoms with Crippen LogP contribution in [0.3, 0.4) is 0 Å². The lowest BCUT2D eigenvalue weighted by Crippen LogP contribution is -2.44. The van der Waals surface area contributed by atoms with Gasteiger partial charge in [0.25, 0.3) is 11.6 Å². The smallest absolute Gasteiger partial charge is 0.269 e. The molecule has 1 atom stereocenters. The molecular formula is C25H26FN5O4. The van der Waals surface area contributed by atoms with E-state index in [1.54, 1.807) is 31.3 Å². The SMILES string of the molecule is C[C@H](NC(=O)c1cn(C2CC2)c2cc(N3CCNCC3)c(F)cc2c1=O)c1ccc([N+](=O)[O-])cc1. The number of aromatic nitrogens is 1. The number of fused-ring (bicyclic) bond motifs is 1. The zero-order valence-corrected chi connectivity index (χ0v) is 19.3. The Kier molecular flexibility index (Phi) is 5.98. The van der Waals surface area contributed by atoms with E-state index in [0.717, 1.165) is 25.9 Å². The minimum absolute atomic E-state index is 0.0451. The molecule has 2 fully saturated rings. The van der Waals surface area contributed by atoms with Gasteiger partial charge in [-0.05, 0) is 37.5 Å². The fourth-order valence-corrected chi connectivity index (χ4v) is 4.57. The van der Waals surface area contributed by atoms with Crippen LogP contribution in [0.2, 0.25) is 0 Å². The van der Waals surface area contributed by atoms with Crippen LogP contribution in [-0.2, 0) is 0 Å². The summed E-state index contributed by atoms with van der Waals surface area (Å²) in [5.74, 6) is -1.04. The summed E-state index contributed by atoms with van der Waals surface area (Å²) in [5.41, 5.74) is 1.16. The second-order valence-electron chi connectivity index (χ2n) is 9.11. The number of nitrogens with one attached hydrogen (secondary N) is 2. The summed E-state index contributed by atoms with van der Waals surface area (Å²) < 4.78 is 17.1. The van der Waals surface area contributed by atoms with Gasteiger partial charge in [-0.1, -0.05) is 12.1 Å². The van der Waals surface area contributed by atoms with E-state index in [4.69, 9.17) is 0 Å². The number of nitro benzene ring substituents is 1. The molecule has 2 heterocycles. The van der Waals surface area contributed by atoms with Crippen LogP contribution in [0.25, 0.3) is 10.9 Å². The van der Waals surface area contributed by atoms with Crippen molar-refractivity contribution in [3.05, 3.63) is 79.9 Å². The molecule has 182 valence electrons. The van der Waals surface area contributed by atoms with Gasteiger partial charge in [0.05, 0.1) is 22.2 Å². The van der Waals surface area contributed by atoms with Gasteiger partial charge in [0.1, 0.15) is 11.4 Å². The first-order valence-corrected chi connectivity index (χ1v) is 11.7. The fourth-order valence-electron chi connectivity index (χ4n) is 4.57. The van der Waals surface area contributed by atoms with Crippen LogP contribution >= 0.6 is 0 Å². The van der Waals surface area contributed by atoms with Crippen molar-refractivity contribution in [3.63, 3.8) is 0 Å². The zero-order valence-electron chi connectivity index (χ0n) is 19.3. The van der Waals surface area contributed by atoms with Crippen molar-refractivity contribution in [2.24, 2.45) is 0 Å². The van der Waals surface area contributed by atoms with E-state index in [1.807, 2.05) is 9.47 Å². The molecule has 5 rings (SSSR count). The highest BCUT2D eigenvalue weighted by molar-refractivity contribution is 5.98. The molecule has 2 aliphatic rings. The van der Waals surface area contributed by atoms with Gasteiger partial charge in [-0.25, -0.2) is 4.39 Å². The lowest BCUT2D eigenvalue weighted by molar-refractivity contribution is -0.384. The lowest BCUT2D eigenvalue weighted by atomic mass is 10.1. The van der Waals surface area contributed by atoms with Gasteiger partial charge in [0.15, 0.2) is 0 Å². The van der Waals surface area contributed by atoms with E-state index in [-0.39, 0.29) is 22.7 Å². The van der Waals surface area contributed by atoms with E-state index in [1.165, 1.54) is 18.2 Å². The number of rotatable bonds is 6. The molecule has 0 bridgehead atoms. The largest absolute Gasteiger partial charge is 0.367 e. The molecule has 3 aromatic rings. The second kappa shape index (κ2) is 9.10. The summed E-state index contributed by atoms with van der Waals surface area (Å²) in [4.78, 5) is 38.8. The number of non-ortho nitro benzene ring substituents is 1. The summed E-state index contributed by atoms with van der Waals surface area (Å²) in [6, 6.07) is 8.54. The fraction of sp³-hybridized carbons (Fsp3) is 0.360. The number of benzene rings is 2. The minimum Gasteiger partial charge on any atom is -0.367 e. The van der Waals surface area contributed by atoms with E-state index in [9.17, 15) is 19.7 Å². The first kappa shape index (κ1) is 23.0. The van der Waals surface area contributed by atoms with Crippen LogP contribution < -0.4 is 21.0 Å². The first-order chi connectivity index (χ1) is 16.8. The van der Waals surface area contributed by atoms with Crippen LogP contribution in [0.4, 0.5) is 15.8 Å². The van der Waals surface area contributed by atoms with Crippen LogP contribution in [0.15, 0.2) is 47.4 Å². The third kappa shape index (κ3) is 4.49. The Morgan fingerprint density at radius 3 is 2.51 bits per heavy atom. The van der Waals surface area contributed by atoms with Crippen LogP contribution in [-0.4, -0.2) is 41.6 Å². The third-order valence-corrected chi connectivity index (χ3v) is 6.69. The third-order valence-electron chi connectivity index (χ3n) is 6.69. The second-order valence-corrected chi connectivity index (χ2v) is 9.11. The van der Waals surface area contributed by atoms with Crippen molar-refractivity contribution in [3.8, 4) is 0 Å². The van der Waals surface area contributed by atoms with E-state index in [0.29, 0.717) is 29.9 Å². The first-order valence-electron chi connectivity index (χ1n) is 11.7. The molecule has 2 aromatic carbocycles. The maximum absolute atomic E-state index is 15.1. The van der Waals surface area contributed by atoms with Gasteiger partial charge >= 0.3 is 0 Å². The Morgan fingerprint density at radius 1 is 1.20 bits per heavy atom. The zero-order chi connectivity index (χ0) is 24.7. The number of carbonyl (C=O) groups excluding carboxylic acids is 1. The Bertz CT molecular complexity index is 1360. The Labute approximate surface area is 200 Å². The number of pyridine rings is 1. The molecule has 2 N–H and O–H groups in total. The molecule has 0 spiro atoms. The lowest BCUT2D eigenvalue weighted by Gasteiger charge is -2.30. The molecule has 1 aliphatic carbocycles. The van der Waals surface area contributed by atoms with Crippen molar-refractivity contribution < 1.29 is 14.1 Å². The van der Waals surface area contributed by atoms with Gasteiger partial charge < -0.3 is 20.1 Å². The number of hydrogen-bond donors (Lipinski definition) is 2. The summed E-state index contributed by atoms with van der Waals surface area (Å²) in [5, 5.41) is 17.1. The predicted molar refractivity (Wildman–Crippen MR) is 130 cm³/mol. The van der Waals surface area contributed by atoms with E-state index in [2.05, 4.69) is 10.6 Å². The summed E-state index contributed by atoms with van der Waals surface area (Å²) in [7, 11) is 0. The van der Waals surface area contributed by atoms with Crippen molar-refractivity contribution in [1.29, 1.82) is 0 Å². The highest BCUT2D eigenvalue weighted by Crippen LogP contribution is 2.38. The maximum atomic E-state index is 15.1. The van der Waals surface area contributed by atoms with Gasteiger partial charge in [-0.3, -0.25) is 19.7 Å². The van der Waals surface area contributed by atoms with Gasteiger partial charge in [-0.15, -0.1) is 0 Å². The van der Waals surface area contributed by atoms with Crippen molar-refractivity contribution in [1.82, 2.24) is 15.2 Å². The number of amides is 1. The molecule has 1 saturated carbocycles. The number of piperazine rings is 1. The monoisotopic (exact) mass is 479 g/mol. The molecule has 1 saturated heterocycles. The molecule has 1 amide bonds. The topological polar surface area (TPSA) is 110 Å². The molecule has 10 heteroatoms. The average Bonchev–Trinajstić information content (AvgIpc) is 3.70. The molecule has 9 nitrogen and oxygen atoms in total. The Morgan fingerprint density at radius 2 is 1.89 bits per heavy atom. The Hall–Kier alpha value is -3.79. The van der Waals surface area contributed by atoms with Crippen LogP contribution in [0, 0.1) is 15.9 Å². The van der Waals surface area contributed by atoms with Crippen molar-refractivity contribution in [2.45, 2.75) is 31.8 Å². The van der Waals surface area contributed by atoms with Crippen molar-refractivity contribution >= 4 is 28.2 Å². The van der Waals surface area contributed by atoms with Crippen LogP contribution in [0.5, 0.6) is 0 Å². The normalized spacial score (nSPS) is 16.8. The van der Waals surface area contributed by atoms with Gasteiger partial charge in [0.2, 0.25) is 5.43 Å². The standard InChI is InChI=1S/C25H26FN5O4/c1-15(16-2-4-18(5-3-16)31(34)35)28-25(33)20-14-30(17-6-7-17)22-13-23(29-10-8-27-9-11-29)21(26)12-19(22)24(20)32/h2-5,12-15,17,27H,6-11H2,1H3,(H,28,33)/t15-/m0/s1. The number of anilines is 1. The molecule has 0 radical (unpaired) electrons. The summed E-state index contributed by atoms with van der Waals surface area (Å²) in [6.45, 7) is 4.62. The van der Waals surface area contributed by atoms with E-state index >= 15 is 4.39 Å².